The molecule has 0 bridgehead atoms. The third-order valence-electron chi connectivity index (χ3n) is 3.80. The van der Waals surface area contributed by atoms with Crippen LogP contribution in [0.1, 0.15) is 21.5 Å². The topological polar surface area (TPSA) is 53.3 Å². The number of halogens is 1. The third-order valence-corrected chi connectivity index (χ3v) is 3.80. The van der Waals surface area contributed by atoms with E-state index in [9.17, 15) is 9.18 Å². The summed E-state index contributed by atoms with van der Waals surface area (Å²) in [4.78, 5) is 13.9. The number of ether oxygens (including phenoxy) is 1. The molecule has 4 nitrogen and oxygen atoms in total. The number of carbonyl (C=O) groups excluding carboxylic acids is 1. The summed E-state index contributed by atoms with van der Waals surface area (Å²) in [5.41, 5.74) is 2.01. The van der Waals surface area contributed by atoms with E-state index < -0.39 is 0 Å². The molecule has 0 spiro atoms. The molecule has 2 aromatic rings. The Balaban J connectivity index is 1.47. The molecule has 0 aromatic heterocycles. The lowest BCUT2D eigenvalue weighted by atomic mass is 10.1. The van der Waals surface area contributed by atoms with Crippen LogP contribution in [0.15, 0.2) is 48.5 Å². The van der Waals surface area contributed by atoms with E-state index in [0.717, 1.165) is 5.56 Å². The minimum Gasteiger partial charge on any atom is -0.370 e. The molecule has 0 radical (unpaired) electrons. The fraction of sp³-hybridized carbons (Fsp3) is 0.222. The molecule has 23 heavy (non-hydrogen) atoms. The fourth-order valence-corrected chi connectivity index (χ4v) is 2.37. The number of hydrogen-bond acceptors (Lipinski definition) is 3. The summed E-state index contributed by atoms with van der Waals surface area (Å²) in [6, 6.07) is 14.8. The van der Waals surface area contributed by atoms with Gasteiger partial charge in [-0.1, -0.05) is 12.1 Å². The van der Waals surface area contributed by atoms with Crippen molar-refractivity contribution in [3.63, 3.8) is 0 Å². The van der Waals surface area contributed by atoms with Gasteiger partial charge in [0.15, 0.2) is 0 Å². The van der Waals surface area contributed by atoms with Gasteiger partial charge in [0.1, 0.15) is 5.82 Å². The van der Waals surface area contributed by atoms with E-state index in [4.69, 9.17) is 10.00 Å². The molecule has 1 amide bonds. The van der Waals surface area contributed by atoms with Crippen LogP contribution in [0.4, 0.5) is 4.39 Å². The highest BCUT2D eigenvalue weighted by Crippen LogP contribution is 2.18. The Morgan fingerprint density at radius 3 is 2.43 bits per heavy atom. The SMILES string of the molecule is N#Cc1ccc(C(=O)N2CC(OCc3ccc(F)cc3)C2)cc1. The first-order valence-electron chi connectivity index (χ1n) is 7.31. The number of rotatable bonds is 4. The van der Waals surface area contributed by atoms with E-state index in [1.807, 2.05) is 6.07 Å². The van der Waals surface area contributed by atoms with Crippen LogP contribution < -0.4 is 0 Å². The van der Waals surface area contributed by atoms with Gasteiger partial charge >= 0.3 is 0 Å². The standard InChI is InChI=1S/C18H15FN2O2/c19-16-7-3-14(4-8-16)12-23-17-10-21(11-17)18(22)15-5-1-13(9-20)2-6-15/h1-8,17H,10-12H2. The average Bonchev–Trinajstić information content (AvgIpc) is 2.55. The maximum atomic E-state index is 12.8. The molecule has 0 aliphatic carbocycles. The zero-order chi connectivity index (χ0) is 16.2. The van der Waals surface area contributed by atoms with Crippen molar-refractivity contribution in [1.82, 2.24) is 4.90 Å². The molecule has 116 valence electrons. The molecular formula is C18H15FN2O2. The van der Waals surface area contributed by atoms with E-state index >= 15 is 0 Å². The van der Waals surface area contributed by atoms with Gasteiger partial charge in [-0.05, 0) is 42.0 Å². The smallest absolute Gasteiger partial charge is 0.254 e. The Labute approximate surface area is 133 Å². The van der Waals surface area contributed by atoms with E-state index in [0.29, 0.717) is 30.8 Å². The summed E-state index contributed by atoms with van der Waals surface area (Å²) in [5, 5.41) is 8.75. The van der Waals surface area contributed by atoms with Crippen LogP contribution in [0.25, 0.3) is 0 Å². The van der Waals surface area contributed by atoms with E-state index in [1.165, 1.54) is 12.1 Å². The molecule has 1 fully saturated rings. The first kappa shape index (κ1) is 15.2. The number of nitriles is 1. The highest BCUT2D eigenvalue weighted by molar-refractivity contribution is 5.94. The molecule has 0 N–H and O–H groups in total. The third kappa shape index (κ3) is 3.55. The molecule has 1 heterocycles. The second kappa shape index (κ2) is 6.59. The zero-order valence-corrected chi connectivity index (χ0v) is 12.4. The second-order valence-corrected chi connectivity index (χ2v) is 5.46. The number of benzene rings is 2. The van der Waals surface area contributed by atoms with Gasteiger partial charge in [-0.25, -0.2) is 4.39 Å². The minimum atomic E-state index is -0.267. The number of likely N-dealkylation sites (tertiary alicyclic amines) is 1. The number of amides is 1. The Morgan fingerprint density at radius 1 is 1.17 bits per heavy atom. The average molecular weight is 310 g/mol. The van der Waals surface area contributed by atoms with Gasteiger partial charge in [0.05, 0.1) is 24.3 Å². The quantitative estimate of drug-likeness (QED) is 0.872. The van der Waals surface area contributed by atoms with Gasteiger partial charge in [0.25, 0.3) is 5.91 Å². The monoisotopic (exact) mass is 310 g/mol. The summed E-state index contributed by atoms with van der Waals surface area (Å²) in [7, 11) is 0. The van der Waals surface area contributed by atoms with Crippen molar-refractivity contribution in [2.75, 3.05) is 13.1 Å². The normalized spacial score (nSPS) is 14.2. The number of nitrogens with zero attached hydrogens (tertiary/aromatic N) is 2. The van der Waals surface area contributed by atoms with Crippen LogP contribution in [0.2, 0.25) is 0 Å². The van der Waals surface area contributed by atoms with Crippen LogP contribution >= 0.6 is 0 Å². The lowest BCUT2D eigenvalue weighted by Gasteiger charge is -2.39. The molecule has 0 atom stereocenters. The first-order valence-corrected chi connectivity index (χ1v) is 7.31. The zero-order valence-electron chi connectivity index (χ0n) is 12.4. The molecule has 5 heteroatoms. The lowest BCUT2D eigenvalue weighted by Crippen LogP contribution is -2.54. The minimum absolute atomic E-state index is 0.00221. The first-order chi connectivity index (χ1) is 11.2. The molecule has 0 unspecified atom stereocenters. The van der Waals surface area contributed by atoms with Crippen molar-refractivity contribution in [2.45, 2.75) is 12.7 Å². The van der Waals surface area contributed by atoms with E-state index in [-0.39, 0.29) is 17.8 Å². The predicted octanol–water partition coefficient (Wildman–Crippen LogP) is 2.74. The second-order valence-electron chi connectivity index (χ2n) is 5.46. The van der Waals surface area contributed by atoms with Crippen LogP contribution in [0, 0.1) is 17.1 Å². The van der Waals surface area contributed by atoms with Crippen molar-refractivity contribution < 1.29 is 13.9 Å². The van der Waals surface area contributed by atoms with Crippen LogP contribution in [-0.2, 0) is 11.3 Å². The van der Waals surface area contributed by atoms with Crippen molar-refractivity contribution in [3.05, 3.63) is 71.0 Å². The maximum absolute atomic E-state index is 12.8. The molecule has 2 aromatic carbocycles. The van der Waals surface area contributed by atoms with Gasteiger partial charge in [0.2, 0.25) is 0 Å². The highest BCUT2D eigenvalue weighted by atomic mass is 19.1. The molecule has 1 aliphatic rings. The van der Waals surface area contributed by atoms with E-state index in [2.05, 4.69) is 0 Å². The molecule has 3 rings (SSSR count). The number of hydrogen-bond donors (Lipinski definition) is 0. The van der Waals surface area contributed by atoms with Crippen LogP contribution in [0.3, 0.4) is 0 Å². The fourth-order valence-electron chi connectivity index (χ4n) is 2.37. The predicted molar refractivity (Wildman–Crippen MR) is 82.0 cm³/mol. The summed E-state index contributed by atoms with van der Waals surface area (Å²) in [6.07, 6.45) is 0.00221. The van der Waals surface area contributed by atoms with E-state index in [1.54, 1.807) is 41.3 Å². The Bertz CT molecular complexity index is 729. The molecule has 1 saturated heterocycles. The Morgan fingerprint density at radius 2 is 1.83 bits per heavy atom. The van der Waals surface area contributed by atoms with Crippen molar-refractivity contribution in [1.29, 1.82) is 5.26 Å². The molecular weight excluding hydrogens is 295 g/mol. The van der Waals surface area contributed by atoms with Crippen LogP contribution in [0.5, 0.6) is 0 Å². The number of carbonyl (C=O) groups is 1. The van der Waals surface area contributed by atoms with Gasteiger partial charge in [0, 0.05) is 18.7 Å². The van der Waals surface area contributed by atoms with Crippen LogP contribution in [-0.4, -0.2) is 30.0 Å². The molecule has 0 saturated carbocycles. The van der Waals surface area contributed by atoms with Gasteiger partial charge in [-0.15, -0.1) is 0 Å². The summed E-state index contributed by atoms with van der Waals surface area (Å²) >= 11 is 0. The largest absolute Gasteiger partial charge is 0.370 e. The summed E-state index contributed by atoms with van der Waals surface area (Å²) < 4.78 is 18.5. The Kier molecular flexibility index (Phi) is 4.35. The molecule has 1 aliphatic heterocycles. The van der Waals surface area contributed by atoms with Gasteiger partial charge in [-0.2, -0.15) is 5.26 Å². The van der Waals surface area contributed by atoms with Crippen molar-refractivity contribution in [2.24, 2.45) is 0 Å². The highest BCUT2D eigenvalue weighted by Gasteiger charge is 2.31. The van der Waals surface area contributed by atoms with Crippen molar-refractivity contribution >= 4 is 5.91 Å². The van der Waals surface area contributed by atoms with Crippen molar-refractivity contribution in [3.8, 4) is 6.07 Å². The summed E-state index contributed by atoms with van der Waals surface area (Å²) in [6.45, 7) is 1.49. The lowest BCUT2D eigenvalue weighted by molar-refractivity contribution is -0.0503. The van der Waals surface area contributed by atoms with Gasteiger partial charge in [-0.3, -0.25) is 4.79 Å². The maximum Gasteiger partial charge on any atom is 0.254 e. The Hall–Kier alpha value is -2.71. The summed E-state index contributed by atoms with van der Waals surface area (Å²) in [5.74, 6) is -0.326. The van der Waals surface area contributed by atoms with Gasteiger partial charge < -0.3 is 9.64 Å².